The smallest absolute Gasteiger partial charge is 0.188 e. The second-order valence-electron chi connectivity index (χ2n) is 5.30. The SMILES string of the molecule is COc1ccc(CCNC(N)=NCc2cc(F)ccc2Br)cc1OC. The van der Waals surface area contributed by atoms with Crippen molar-refractivity contribution in [3.8, 4) is 11.5 Å². The van der Waals surface area contributed by atoms with Gasteiger partial charge in [-0.2, -0.15) is 0 Å². The van der Waals surface area contributed by atoms with Crippen molar-refractivity contribution < 1.29 is 13.9 Å². The molecule has 5 nitrogen and oxygen atoms in total. The molecule has 0 amide bonds. The Bertz CT molecular complexity index is 753. The number of nitrogens with two attached hydrogens (primary N) is 1. The highest BCUT2D eigenvalue weighted by atomic mass is 79.9. The molecule has 0 saturated carbocycles. The molecule has 0 aliphatic carbocycles. The highest BCUT2D eigenvalue weighted by molar-refractivity contribution is 9.10. The van der Waals surface area contributed by atoms with Crippen LogP contribution in [0.15, 0.2) is 45.9 Å². The fraction of sp³-hybridized carbons (Fsp3) is 0.278. The molecule has 3 N–H and O–H groups in total. The van der Waals surface area contributed by atoms with Crippen LogP contribution in [0, 0.1) is 5.82 Å². The highest BCUT2D eigenvalue weighted by Gasteiger charge is 2.05. The van der Waals surface area contributed by atoms with Crippen molar-refractivity contribution in [3.63, 3.8) is 0 Å². The lowest BCUT2D eigenvalue weighted by molar-refractivity contribution is 0.354. The number of rotatable bonds is 7. The number of guanidine groups is 1. The Labute approximate surface area is 155 Å². The summed E-state index contributed by atoms with van der Waals surface area (Å²) in [6, 6.07) is 10.2. The third-order valence-electron chi connectivity index (χ3n) is 3.60. The van der Waals surface area contributed by atoms with Crippen molar-refractivity contribution in [2.24, 2.45) is 10.7 Å². The molecule has 0 spiro atoms. The summed E-state index contributed by atoms with van der Waals surface area (Å²) in [5, 5.41) is 3.05. The van der Waals surface area contributed by atoms with Gasteiger partial charge in [-0.25, -0.2) is 9.38 Å². The molecule has 134 valence electrons. The molecular formula is C18H21BrFN3O2. The van der Waals surface area contributed by atoms with Gasteiger partial charge in [0.1, 0.15) is 5.82 Å². The third kappa shape index (κ3) is 5.63. The van der Waals surface area contributed by atoms with Crippen LogP contribution in [0.4, 0.5) is 4.39 Å². The molecule has 2 rings (SSSR count). The van der Waals surface area contributed by atoms with Crippen molar-refractivity contribution in [1.29, 1.82) is 0 Å². The van der Waals surface area contributed by atoms with Crippen LogP contribution < -0.4 is 20.5 Å². The van der Waals surface area contributed by atoms with E-state index in [-0.39, 0.29) is 5.82 Å². The first kappa shape index (κ1) is 19.1. The minimum atomic E-state index is -0.298. The Kier molecular flexibility index (Phi) is 7.06. The van der Waals surface area contributed by atoms with Gasteiger partial charge >= 0.3 is 0 Å². The van der Waals surface area contributed by atoms with E-state index in [1.807, 2.05) is 18.2 Å². The third-order valence-corrected chi connectivity index (χ3v) is 4.37. The van der Waals surface area contributed by atoms with Gasteiger partial charge in [-0.05, 0) is 47.9 Å². The summed E-state index contributed by atoms with van der Waals surface area (Å²) in [7, 11) is 3.21. The number of hydrogen-bond acceptors (Lipinski definition) is 3. The van der Waals surface area contributed by atoms with Crippen LogP contribution >= 0.6 is 15.9 Å². The van der Waals surface area contributed by atoms with E-state index >= 15 is 0 Å². The van der Waals surface area contributed by atoms with E-state index in [0.717, 1.165) is 22.0 Å². The number of aliphatic imine (C=N–C) groups is 1. The standard InChI is InChI=1S/C18H21BrFN3O2/c1-24-16-6-3-12(9-17(16)25-2)7-8-22-18(21)23-11-13-10-14(20)4-5-15(13)19/h3-6,9-10H,7-8,11H2,1-2H3,(H3,21,22,23). The van der Waals surface area contributed by atoms with Gasteiger partial charge in [0.15, 0.2) is 17.5 Å². The zero-order valence-electron chi connectivity index (χ0n) is 14.2. The normalized spacial score (nSPS) is 11.3. The van der Waals surface area contributed by atoms with Crippen molar-refractivity contribution >= 4 is 21.9 Å². The number of methoxy groups -OCH3 is 2. The highest BCUT2D eigenvalue weighted by Crippen LogP contribution is 2.27. The number of benzene rings is 2. The first-order chi connectivity index (χ1) is 12.0. The maximum absolute atomic E-state index is 13.2. The molecule has 0 unspecified atom stereocenters. The number of halogens is 2. The van der Waals surface area contributed by atoms with Crippen molar-refractivity contribution in [2.45, 2.75) is 13.0 Å². The lowest BCUT2D eigenvalue weighted by atomic mass is 10.1. The fourth-order valence-electron chi connectivity index (χ4n) is 2.26. The molecule has 0 fully saturated rings. The number of nitrogens with one attached hydrogen (secondary N) is 1. The van der Waals surface area contributed by atoms with Gasteiger partial charge < -0.3 is 20.5 Å². The van der Waals surface area contributed by atoms with Crippen molar-refractivity contribution in [2.75, 3.05) is 20.8 Å². The summed E-state index contributed by atoms with van der Waals surface area (Å²) >= 11 is 3.37. The summed E-state index contributed by atoms with van der Waals surface area (Å²) < 4.78 is 24.5. The largest absolute Gasteiger partial charge is 0.493 e. The van der Waals surface area contributed by atoms with Crippen LogP contribution in [-0.4, -0.2) is 26.7 Å². The molecule has 2 aromatic carbocycles. The molecule has 0 radical (unpaired) electrons. The van der Waals surface area contributed by atoms with Crippen LogP contribution in [0.5, 0.6) is 11.5 Å². The van der Waals surface area contributed by atoms with Gasteiger partial charge in [0.05, 0.1) is 20.8 Å². The lowest BCUT2D eigenvalue weighted by Gasteiger charge is -2.10. The average molecular weight is 410 g/mol. The quantitative estimate of drug-likeness (QED) is 0.543. The minimum absolute atomic E-state index is 0.298. The van der Waals surface area contributed by atoms with E-state index in [0.29, 0.717) is 30.5 Å². The van der Waals surface area contributed by atoms with Crippen molar-refractivity contribution in [1.82, 2.24) is 5.32 Å². The summed E-state index contributed by atoms with van der Waals surface area (Å²) in [4.78, 5) is 4.23. The Morgan fingerprint density at radius 3 is 2.64 bits per heavy atom. The maximum atomic E-state index is 13.2. The van der Waals surface area contributed by atoms with E-state index in [4.69, 9.17) is 15.2 Å². The summed E-state index contributed by atoms with van der Waals surface area (Å²) in [6.07, 6.45) is 0.750. The molecule has 0 aliphatic rings. The van der Waals surface area contributed by atoms with Crippen LogP contribution in [0.25, 0.3) is 0 Å². The molecular weight excluding hydrogens is 389 g/mol. The predicted molar refractivity (Wildman–Crippen MR) is 101 cm³/mol. The zero-order chi connectivity index (χ0) is 18.2. The second kappa shape index (κ2) is 9.27. The van der Waals surface area contributed by atoms with Gasteiger partial charge in [-0.3, -0.25) is 0 Å². The molecule has 0 aliphatic heterocycles. The first-order valence-corrected chi connectivity index (χ1v) is 8.51. The van der Waals surface area contributed by atoms with E-state index in [9.17, 15) is 4.39 Å². The number of ether oxygens (including phenoxy) is 2. The molecule has 2 aromatic rings. The van der Waals surface area contributed by atoms with Gasteiger partial charge in [0, 0.05) is 11.0 Å². The van der Waals surface area contributed by atoms with Crippen molar-refractivity contribution in [3.05, 3.63) is 57.8 Å². The van der Waals surface area contributed by atoms with E-state index in [1.54, 1.807) is 20.3 Å². The first-order valence-electron chi connectivity index (χ1n) is 7.72. The van der Waals surface area contributed by atoms with Crippen LogP contribution in [-0.2, 0) is 13.0 Å². The molecule has 0 saturated heterocycles. The van der Waals surface area contributed by atoms with E-state index in [2.05, 4.69) is 26.2 Å². The Hall–Kier alpha value is -2.28. The summed E-state index contributed by atoms with van der Waals surface area (Å²) in [5.74, 6) is 1.41. The monoisotopic (exact) mass is 409 g/mol. The summed E-state index contributed by atoms with van der Waals surface area (Å²) in [5.41, 5.74) is 7.69. The van der Waals surface area contributed by atoms with Gasteiger partial charge in [0.25, 0.3) is 0 Å². The maximum Gasteiger partial charge on any atom is 0.188 e. The average Bonchev–Trinajstić information content (AvgIpc) is 2.62. The molecule has 0 bridgehead atoms. The van der Waals surface area contributed by atoms with Gasteiger partial charge in [-0.1, -0.05) is 22.0 Å². The summed E-state index contributed by atoms with van der Waals surface area (Å²) in [6.45, 7) is 0.919. The Morgan fingerprint density at radius 1 is 1.16 bits per heavy atom. The molecule has 25 heavy (non-hydrogen) atoms. The predicted octanol–water partition coefficient (Wildman–Crippen LogP) is 3.25. The Morgan fingerprint density at radius 2 is 1.92 bits per heavy atom. The van der Waals surface area contributed by atoms with Gasteiger partial charge in [0.2, 0.25) is 0 Å². The van der Waals surface area contributed by atoms with E-state index in [1.165, 1.54) is 12.1 Å². The molecule has 0 atom stereocenters. The van der Waals surface area contributed by atoms with Crippen LogP contribution in [0.1, 0.15) is 11.1 Å². The number of hydrogen-bond donors (Lipinski definition) is 2. The molecule has 0 aromatic heterocycles. The molecule has 7 heteroatoms. The topological polar surface area (TPSA) is 68.9 Å². The van der Waals surface area contributed by atoms with Crippen LogP contribution in [0.2, 0.25) is 0 Å². The zero-order valence-corrected chi connectivity index (χ0v) is 15.8. The fourth-order valence-corrected chi connectivity index (χ4v) is 2.63. The Balaban J connectivity index is 1.87. The van der Waals surface area contributed by atoms with Crippen LogP contribution in [0.3, 0.4) is 0 Å². The lowest BCUT2D eigenvalue weighted by Crippen LogP contribution is -2.33. The molecule has 0 heterocycles. The minimum Gasteiger partial charge on any atom is -0.493 e. The second-order valence-corrected chi connectivity index (χ2v) is 6.16. The van der Waals surface area contributed by atoms with Gasteiger partial charge in [-0.15, -0.1) is 0 Å². The number of nitrogens with zero attached hydrogens (tertiary/aromatic N) is 1. The van der Waals surface area contributed by atoms with E-state index < -0.39 is 0 Å².